The quantitative estimate of drug-likeness (QED) is 0.768. The number of nitrogens with one attached hydrogen (secondary N) is 1. The topological polar surface area (TPSA) is 86.1 Å². The lowest BCUT2D eigenvalue weighted by atomic mass is 10.2. The Labute approximate surface area is 121 Å². The van der Waals surface area contributed by atoms with E-state index in [4.69, 9.17) is 10.2 Å². The van der Waals surface area contributed by atoms with Crippen LogP contribution >= 0.6 is 0 Å². The molecule has 0 radical (unpaired) electrons. The third kappa shape index (κ3) is 2.85. The largest absolute Gasteiger partial charge is 0.455 e. The molecule has 1 aromatic carbocycles. The molecule has 0 aliphatic heterocycles. The molecule has 6 nitrogen and oxygen atoms in total. The standard InChI is InChI=1S/C15H14N4O2/c16-10-13-6-7-14(21-13)15(20)18-11-2-4-12(5-3-11)19-9-1-8-17-19/h1-9H,10,16H2,(H,18,20). The van der Waals surface area contributed by atoms with Crippen LogP contribution in [0.1, 0.15) is 16.3 Å². The molecule has 0 atom stereocenters. The van der Waals surface area contributed by atoms with Crippen molar-refractivity contribution in [3.63, 3.8) is 0 Å². The first-order valence-electron chi connectivity index (χ1n) is 6.46. The highest BCUT2D eigenvalue weighted by Crippen LogP contribution is 2.15. The lowest BCUT2D eigenvalue weighted by molar-refractivity contribution is 0.0995. The van der Waals surface area contributed by atoms with Crippen molar-refractivity contribution in [2.24, 2.45) is 5.73 Å². The van der Waals surface area contributed by atoms with Crippen LogP contribution in [0.15, 0.2) is 59.3 Å². The molecule has 0 saturated carbocycles. The van der Waals surface area contributed by atoms with E-state index in [1.165, 1.54) is 0 Å². The summed E-state index contributed by atoms with van der Waals surface area (Å²) in [5, 5.41) is 6.90. The molecular formula is C15H14N4O2. The fourth-order valence-corrected chi connectivity index (χ4v) is 1.92. The molecule has 1 amide bonds. The summed E-state index contributed by atoms with van der Waals surface area (Å²) in [4.78, 5) is 12.0. The first-order chi connectivity index (χ1) is 10.3. The van der Waals surface area contributed by atoms with E-state index in [1.54, 1.807) is 23.0 Å². The first-order valence-corrected chi connectivity index (χ1v) is 6.46. The minimum atomic E-state index is -0.304. The van der Waals surface area contributed by atoms with Gasteiger partial charge in [-0.25, -0.2) is 4.68 Å². The average Bonchev–Trinajstić information content (AvgIpc) is 3.19. The molecule has 3 aromatic rings. The normalized spacial score (nSPS) is 10.5. The highest BCUT2D eigenvalue weighted by Gasteiger charge is 2.11. The van der Waals surface area contributed by atoms with Crippen LogP contribution in [0.25, 0.3) is 5.69 Å². The Kier molecular flexibility index (Phi) is 3.53. The second-order valence-electron chi connectivity index (χ2n) is 4.42. The summed E-state index contributed by atoms with van der Waals surface area (Å²) in [6.45, 7) is 0.270. The van der Waals surface area contributed by atoms with E-state index in [0.717, 1.165) is 5.69 Å². The molecule has 3 N–H and O–H groups in total. The number of nitrogens with two attached hydrogens (primary N) is 1. The molecule has 0 aliphatic rings. The number of carbonyl (C=O) groups is 1. The predicted molar refractivity (Wildman–Crippen MR) is 78.1 cm³/mol. The number of anilines is 1. The summed E-state index contributed by atoms with van der Waals surface area (Å²) >= 11 is 0. The molecule has 0 bridgehead atoms. The van der Waals surface area contributed by atoms with Gasteiger partial charge in [0.2, 0.25) is 0 Å². The van der Waals surface area contributed by atoms with E-state index in [9.17, 15) is 4.79 Å². The van der Waals surface area contributed by atoms with Crippen molar-refractivity contribution in [3.05, 3.63) is 66.4 Å². The van der Waals surface area contributed by atoms with Crippen molar-refractivity contribution in [1.29, 1.82) is 0 Å². The molecule has 2 heterocycles. The molecule has 21 heavy (non-hydrogen) atoms. The highest BCUT2D eigenvalue weighted by molar-refractivity contribution is 6.02. The maximum absolute atomic E-state index is 12.0. The van der Waals surface area contributed by atoms with Gasteiger partial charge < -0.3 is 15.5 Å². The zero-order valence-corrected chi connectivity index (χ0v) is 11.2. The summed E-state index contributed by atoms with van der Waals surface area (Å²) < 4.78 is 7.04. The van der Waals surface area contributed by atoms with Crippen molar-refractivity contribution in [2.45, 2.75) is 6.54 Å². The monoisotopic (exact) mass is 282 g/mol. The lowest BCUT2D eigenvalue weighted by Gasteiger charge is -2.05. The second-order valence-corrected chi connectivity index (χ2v) is 4.42. The van der Waals surface area contributed by atoms with Crippen molar-refractivity contribution in [1.82, 2.24) is 9.78 Å². The molecule has 3 rings (SSSR count). The summed E-state index contributed by atoms with van der Waals surface area (Å²) in [6, 6.07) is 12.5. The van der Waals surface area contributed by atoms with Gasteiger partial charge in [0.1, 0.15) is 5.76 Å². The van der Waals surface area contributed by atoms with Crippen molar-refractivity contribution < 1.29 is 9.21 Å². The molecule has 0 spiro atoms. The van der Waals surface area contributed by atoms with Crippen LogP contribution in [0.4, 0.5) is 5.69 Å². The van der Waals surface area contributed by atoms with Gasteiger partial charge in [-0.1, -0.05) is 0 Å². The predicted octanol–water partition coefficient (Wildman–Crippen LogP) is 2.18. The second kappa shape index (κ2) is 5.64. The fourth-order valence-electron chi connectivity index (χ4n) is 1.92. The number of furan rings is 1. The molecule has 106 valence electrons. The Morgan fingerprint density at radius 3 is 2.67 bits per heavy atom. The Balaban J connectivity index is 1.71. The van der Waals surface area contributed by atoms with Gasteiger partial charge in [-0.05, 0) is 42.5 Å². The summed E-state index contributed by atoms with van der Waals surface area (Å²) in [5.74, 6) is 0.516. The molecule has 0 unspecified atom stereocenters. The highest BCUT2D eigenvalue weighted by atomic mass is 16.4. The first kappa shape index (κ1) is 13.1. The van der Waals surface area contributed by atoms with Gasteiger partial charge in [-0.2, -0.15) is 5.10 Å². The van der Waals surface area contributed by atoms with Gasteiger partial charge in [-0.15, -0.1) is 0 Å². The summed E-state index contributed by atoms with van der Waals surface area (Å²) in [6.07, 6.45) is 3.56. The number of carbonyl (C=O) groups excluding carboxylic acids is 1. The minimum Gasteiger partial charge on any atom is -0.455 e. The number of aromatic nitrogens is 2. The average molecular weight is 282 g/mol. The number of rotatable bonds is 4. The maximum atomic E-state index is 12.0. The molecule has 0 saturated heterocycles. The van der Waals surface area contributed by atoms with Crippen LogP contribution in [0.3, 0.4) is 0 Å². The third-order valence-electron chi connectivity index (χ3n) is 2.98. The van der Waals surface area contributed by atoms with Crippen LogP contribution < -0.4 is 11.1 Å². The van der Waals surface area contributed by atoms with E-state index in [2.05, 4.69) is 10.4 Å². The zero-order valence-electron chi connectivity index (χ0n) is 11.2. The van der Waals surface area contributed by atoms with Crippen LogP contribution in [0.2, 0.25) is 0 Å². The summed E-state index contributed by atoms with van der Waals surface area (Å²) in [5.41, 5.74) is 7.05. The number of amides is 1. The van der Waals surface area contributed by atoms with Gasteiger partial charge in [0, 0.05) is 18.1 Å². The molecule has 0 aliphatic carbocycles. The maximum Gasteiger partial charge on any atom is 0.291 e. The van der Waals surface area contributed by atoms with Crippen LogP contribution in [-0.2, 0) is 6.54 Å². The molecule has 6 heteroatoms. The Morgan fingerprint density at radius 1 is 1.24 bits per heavy atom. The number of benzene rings is 1. The van der Waals surface area contributed by atoms with Crippen molar-refractivity contribution in [3.8, 4) is 5.69 Å². The smallest absolute Gasteiger partial charge is 0.291 e. The van der Waals surface area contributed by atoms with E-state index in [0.29, 0.717) is 11.4 Å². The minimum absolute atomic E-state index is 0.242. The van der Waals surface area contributed by atoms with Crippen LogP contribution in [0, 0.1) is 0 Å². The summed E-state index contributed by atoms with van der Waals surface area (Å²) in [7, 11) is 0. The van der Waals surface area contributed by atoms with Gasteiger partial charge in [-0.3, -0.25) is 4.79 Å². The molecule has 2 aromatic heterocycles. The van der Waals surface area contributed by atoms with E-state index in [-0.39, 0.29) is 18.2 Å². The SMILES string of the molecule is NCc1ccc(C(=O)Nc2ccc(-n3cccn3)cc2)o1. The lowest BCUT2D eigenvalue weighted by Crippen LogP contribution is -2.11. The van der Waals surface area contributed by atoms with Gasteiger partial charge in [0.05, 0.1) is 12.2 Å². The number of nitrogens with zero attached hydrogens (tertiary/aromatic N) is 2. The van der Waals surface area contributed by atoms with Gasteiger partial charge in [0.25, 0.3) is 5.91 Å². The molecular weight excluding hydrogens is 268 g/mol. The van der Waals surface area contributed by atoms with Crippen molar-refractivity contribution in [2.75, 3.05) is 5.32 Å². The third-order valence-corrected chi connectivity index (χ3v) is 2.98. The van der Waals surface area contributed by atoms with Crippen LogP contribution in [-0.4, -0.2) is 15.7 Å². The zero-order chi connectivity index (χ0) is 14.7. The van der Waals surface area contributed by atoms with Gasteiger partial charge >= 0.3 is 0 Å². The molecule has 0 fully saturated rings. The number of hydrogen-bond acceptors (Lipinski definition) is 4. The number of hydrogen-bond donors (Lipinski definition) is 2. The van der Waals surface area contributed by atoms with E-state index in [1.807, 2.05) is 36.5 Å². The van der Waals surface area contributed by atoms with Gasteiger partial charge in [0.15, 0.2) is 5.76 Å². The van der Waals surface area contributed by atoms with Crippen molar-refractivity contribution >= 4 is 11.6 Å². The Morgan fingerprint density at radius 2 is 2.05 bits per heavy atom. The van der Waals surface area contributed by atoms with E-state index >= 15 is 0 Å². The fraction of sp³-hybridized carbons (Fsp3) is 0.0667. The van der Waals surface area contributed by atoms with Crippen LogP contribution in [0.5, 0.6) is 0 Å². The Bertz CT molecular complexity index is 729. The van der Waals surface area contributed by atoms with E-state index < -0.39 is 0 Å². The Hall–Kier alpha value is -2.86.